The normalized spacial score (nSPS) is 18.8. The Labute approximate surface area is 276 Å². The minimum atomic E-state index is -1.14. The Morgan fingerprint density at radius 2 is 1.81 bits per heavy atom. The second-order valence-corrected chi connectivity index (χ2v) is 19.4. The average molecular weight is 657 g/mol. The molecule has 5 heterocycles. The van der Waals surface area contributed by atoms with Crippen LogP contribution in [0, 0.1) is 0 Å². The third-order valence-corrected chi connectivity index (χ3v) is 10.6. The van der Waals surface area contributed by atoms with Gasteiger partial charge in [0.2, 0.25) is 5.88 Å². The molecule has 0 N–H and O–H groups in total. The summed E-state index contributed by atoms with van der Waals surface area (Å²) in [6.45, 7) is 13.2. The van der Waals surface area contributed by atoms with Crippen LogP contribution in [0.5, 0.6) is 11.6 Å². The van der Waals surface area contributed by atoms with Gasteiger partial charge in [0, 0.05) is 82.7 Å². The summed E-state index contributed by atoms with van der Waals surface area (Å²) >= 11 is 0. The number of ether oxygens (including phenoxy) is 3. The fraction of sp³-hybridized carbons (Fsp3) is 0.457. The number of hydrogen-bond acceptors (Lipinski definition) is 9. The van der Waals surface area contributed by atoms with Gasteiger partial charge in [0.15, 0.2) is 6.10 Å². The van der Waals surface area contributed by atoms with Gasteiger partial charge in [-0.1, -0.05) is 25.7 Å². The molecular formula is C35H44N6O5Si. The number of hydrogen-bond donors (Lipinski definition) is 0. The van der Waals surface area contributed by atoms with E-state index in [0.717, 1.165) is 59.9 Å². The van der Waals surface area contributed by atoms with Crippen molar-refractivity contribution in [3.8, 4) is 22.9 Å². The molecule has 0 saturated carbocycles. The predicted molar refractivity (Wildman–Crippen MR) is 182 cm³/mol. The summed E-state index contributed by atoms with van der Waals surface area (Å²) in [6.07, 6.45) is 4.89. The molecule has 0 radical (unpaired) electrons. The number of benzene rings is 1. The highest BCUT2D eigenvalue weighted by molar-refractivity contribution is 6.76. The van der Waals surface area contributed by atoms with Crippen LogP contribution in [-0.4, -0.2) is 87.4 Å². The second kappa shape index (κ2) is 13.9. The molecule has 2 aliphatic rings. The Kier molecular flexibility index (Phi) is 9.71. The number of esters is 1. The molecule has 1 amide bonds. The van der Waals surface area contributed by atoms with Crippen LogP contribution in [0.15, 0.2) is 60.9 Å². The second-order valence-electron chi connectivity index (χ2n) is 13.8. The van der Waals surface area contributed by atoms with Crippen LogP contribution in [0.3, 0.4) is 0 Å². The van der Waals surface area contributed by atoms with Gasteiger partial charge in [0.25, 0.3) is 5.91 Å². The summed E-state index contributed by atoms with van der Waals surface area (Å²) in [6, 6.07) is 17.5. The van der Waals surface area contributed by atoms with E-state index < -0.39 is 20.1 Å². The van der Waals surface area contributed by atoms with Gasteiger partial charge < -0.3 is 19.1 Å². The zero-order valence-electron chi connectivity index (χ0n) is 27.9. The van der Waals surface area contributed by atoms with Crippen molar-refractivity contribution in [1.29, 1.82) is 0 Å². The SMILES string of the molecule is CC(=O)OC(C)C(=O)N1CC2CCC(C1)N2Cc1ccc2cc(Oc3ccc(-c4ccnn4COCC[Si](C)(C)C)cn3)ccc2n1. The molecule has 6 rings (SSSR count). The topological polar surface area (TPSA) is 112 Å². The number of carbonyl (C=O) groups excluding carboxylic acids is 2. The molecule has 3 aromatic heterocycles. The summed E-state index contributed by atoms with van der Waals surface area (Å²) in [7, 11) is -1.14. The molecule has 2 saturated heterocycles. The van der Waals surface area contributed by atoms with E-state index in [0.29, 0.717) is 31.4 Å². The lowest BCUT2D eigenvalue weighted by molar-refractivity contribution is -0.159. The minimum absolute atomic E-state index is 0.120. The molecule has 12 heteroatoms. The van der Waals surface area contributed by atoms with Crippen LogP contribution < -0.4 is 4.74 Å². The van der Waals surface area contributed by atoms with Crippen LogP contribution in [0.4, 0.5) is 0 Å². The summed E-state index contributed by atoms with van der Waals surface area (Å²) in [5.41, 5.74) is 3.78. The number of amides is 1. The number of aromatic nitrogens is 4. The zero-order chi connectivity index (χ0) is 33.1. The molecule has 2 fully saturated rings. The summed E-state index contributed by atoms with van der Waals surface area (Å²) in [5, 5.41) is 5.41. The summed E-state index contributed by atoms with van der Waals surface area (Å²) in [4.78, 5) is 38.0. The van der Waals surface area contributed by atoms with Crippen LogP contribution in [0.2, 0.25) is 25.7 Å². The Morgan fingerprint density at radius 1 is 1.02 bits per heavy atom. The van der Waals surface area contributed by atoms with E-state index in [-0.39, 0.29) is 18.0 Å². The molecule has 4 aromatic rings. The van der Waals surface area contributed by atoms with Gasteiger partial charge in [0.1, 0.15) is 12.5 Å². The molecule has 2 aliphatic heterocycles. The van der Waals surface area contributed by atoms with E-state index in [1.165, 1.54) is 6.92 Å². The molecule has 3 unspecified atom stereocenters. The van der Waals surface area contributed by atoms with Gasteiger partial charge in [-0.2, -0.15) is 5.10 Å². The van der Waals surface area contributed by atoms with Crippen LogP contribution in [0.1, 0.15) is 32.4 Å². The maximum absolute atomic E-state index is 12.8. The predicted octanol–water partition coefficient (Wildman–Crippen LogP) is 5.72. The van der Waals surface area contributed by atoms with E-state index in [1.807, 2.05) is 46.0 Å². The van der Waals surface area contributed by atoms with Gasteiger partial charge in [-0.3, -0.25) is 19.5 Å². The monoisotopic (exact) mass is 656 g/mol. The Hall–Kier alpha value is -4.13. The quantitative estimate of drug-likeness (QED) is 0.107. The molecule has 0 spiro atoms. The van der Waals surface area contributed by atoms with Gasteiger partial charge >= 0.3 is 5.97 Å². The maximum atomic E-state index is 12.8. The van der Waals surface area contributed by atoms with Gasteiger partial charge in [-0.25, -0.2) is 9.67 Å². The first-order valence-electron chi connectivity index (χ1n) is 16.4. The highest BCUT2D eigenvalue weighted by Gasteiger charge is 2.42. The van der Waals surface area contributed by atoms with Crippen molar-refractivity contribution in [1.82, 2.24) is 29.5 Å². The van der Waals surface area contributed by atoms with Crippen molar-refractivity contribution in [3.63, 3.8) is 0 Å². The summed E-state index contributed by atoms with van der Waals surface area (Å²) in [5.74, 6) is 0.639. The Morgan fingerprint density at radius 3 is 2.51 bits per heavy atom. The summed E-state index contributed by atoms with van der Waals surface area (Å²) < 4.78 is 19.0. The maximum Gasteiger partial charge on any atom is 0.303 e. The standard InChI is InChI=1S/C35H44N6O5Si/c1-24(45-25(2)42)35(43)39-21-29-9-10-30(22-39)40(29)20-28-8-6-26-18-31(11-12-32(26)38-28)46-34-13-7-27(19-36-34)33-14-15-37-41(33)23-44-16-17-47(3,4)5/h6-8,11-15,18-19,24,29-30H,9-10,16-17,20-23H2,1-5H3. The van der Waals surface area contributed by atoms with E-state index in [1.54, 1.807) is 19.3 Å². The number of carbonyl (C=O) groups is 2. The van der Waals surface area contributed by atoms with Gasteiger partial charge in [-0.15, -0.1) is 0 Å². The van der Waals surface area contributed by atoms with Crippen LogP contribution >= 0.6 is 0 Å². The van der Waals surface area contributed by atoms with Gasteiger partial charge in [0.05, 0.1) is 16.9 Å². The highest BCUT2D eigenvalue weighted by Crippen LogP contribution is 2.33. The molecule has 1 aromatic carbocycles. The molecule has 248 valence electrons. The average Bonchev–Trinajstić information content (AvgIpc) is 3.58. The van der Waals surface area contributed by atoms with E-state index in [2.05, 4.69) is 46.8 Å². The Balaban J connectivity index is 1.05. The first kappa shape index (κ1) is 32.8. The molecule has 11 nitrogen and oxygen atoms in total. The van der Waals surface area contributed by atoms with E-state index >= 15 is 0 Å². The minimum Gasteiger partial charge on any atom is -0.453 e. The third-order valence-electron chi connectivity index (χ3n) is 8.88. The van der Waals surface area contributed by atoms with Gasteiger partial charge in [-0.05, 0) is 62.2 Å². The first-order valence-corrected chi connectivity index (χ1v) is 20.1. The van der Waals surface area contributed by atoms with Crippen molar-refractivity contribution >= 4 is 30.9 Å². The Bertz CT molecular complexity index is 1710. The fourth-order valence-corrected chi connectivity index (χ4v) is 7.15. The molecular weight excluding hydrogens is 613 g/mol. The number of likely N-dealkylation sites (tertiary alicyclic amines) is 1. The number of nitrogens with zero attached hydrogens (tertiary/aromatic N) is 6. The molecule has 47 heavy (non-hydrogen) atoms. The number of piperazine rings is 1. The van der Waals surface area contributed by atoms with Crippen molar-refractivity contribution in [2.24, 2.45) is 0 Å². The van der Waals surface area contributed by atoms with Crippen LogP contribution in [-0.2, 0) is 32.3 Å². The number of fused-ring (bicyclic) bond motifs is 3. The lowest BCUT2D eigenvalue weighted by Gasteiger charge is -2.41. The van der Waals surface area contributed by atoms with Crippen molar-refractivity contribution < 1.29 is 23.8 Å². The van der Waals surface area contributed by atoms with E-state index in [9.17, 15) is 9.59 Å². The molecule has 0 aliphatic carbocycles. The van der Waals surface area contributed by atoms with E-state index in [4.69, 9.17) is 19.2 Å². The zero-order valence-corrected chi connectivity index (χ0v) is 28.9. The van der Waals surface area contributed by atoms with Crippen molar-refractivity contribution in [3.05, 3.63) is 66.6 Å². The third kappa shape index (κ3) is 8.06. The largest absolute Gasteiger partial charge is 0.453 e. The van der Waals surface area contributed by atoms with Crippen molar-refractivity contribution in [2.45, 2.75) is 83.8 Å². The smallest absolute Gasteiger partial charge is 0.303 e. The molecule has 3 atom stereocenters. The first-order chi connectivity index (χ1) is 22.5. The van der Waals surface area contributed by atoms with Crippen LogP contribution in [0.25, 0.3) is 22.2 Å². The number of pyridine rings is 2. The van der Waals surface area contributed by atoms with Crippen molar-refractivity contribution in [2.75, 3.05) is 19.7 Å². The fourth-order valence-electron chi connectivity index (χ4n) is 6.39. The lowest BCUT2D eigenvalue weighted by atomic mass is 10.1. The lowest BCUT2D eigenvalue weighted by Crippen LogP contribution is -2.56. The molecule has 2 bridgehead atoms. The number of rotatable bonds is 12. The highest BCUT2D eigenvalue weighted by atomic mass is 28.3.